The van der Waals surface area contributed by atoms with Gasteiger partial charge in [0.1, 0.15) is 71.3 Å². The highest BCUT2D eigenvalue weighted by Gasteiger charge is 2.46. The zero-order chi connectivity index (χ0) is 32.0. The smallest absolute Gasteiger partial charge is 0.238 e. The molecule has 1 aromatic heterocycles. The van der Waals surface area contributed by atoms with Gasteiger partial charge in [0.15, 0.2) is 17.3 Å². The topological polar surface area (TPSA) is 290 Å². The summed E-state index contributed by atoms with van der Waals surface area (Å²) in [4.78, 5) is 13.0. The lowest BCUT2D eigenvalue weighted by Crippen LogP contribution is -2.60. The molecule has 0 spiro atoms. The first-order valence-electron chi connectivity index (χ1n) is 13.2. The molecule has 10 atom stereocenters. The lowest BCUT2D eigenvalue weighted by molar-refractivity contribution is -0.277. The second kappa shape index (κ2) is 12.3. The molecule has 44 heavy (non-hydrogen) atoms. The van der Waals surface area contributed by atoms with Crippen molar-refractivity contribution < 1.29 is 79.5 Å². The average molecular weight is 627 g/mol. The highest BCUT2D eigenvalue weighted by atomic mass is 16.7. The van der Waals surface area contributed by atoms with Crippen molar-refractivity contribution in [3.63, 3.8) is 0 Å². The first-order valence-corrected chi connectivity index (χ1v) is 13.2. The summed E-state index contributed by atoms with van der Waals surface area (Å²) in [6.45, 7) is -1.43. The number of rotatable bonds is 7. The Kier molecular flexibility index (Phi) is 8.87. The van der Waals surface area contributed by atoms with Crippen molar-refractivity contribution in [2.75, 3.05) is 13.2 Å². The van der Waals surface area contributed by atoms with Gasteiger partial charge in [-0.3, -0.25) is 4.79 Å². The molecule has 17 nitrogen and oxygen atoms in total. The number of aliphatic hydroxyl groups is 8. The fourth-order valence-corrected chi connectivity index (χ4v) is 4.88. The molecule has 2 aliphatic heterocycles. The predicted octanol–water partition coefficient (Wildman–Crippen LogP) is -3.07. The Bertz CT molecular complexity index is 1550. The molecule has 11 N–H and O–H groups in total. The van der Waals surface area contributed by atoms with Crippen LogP contribution in [0.1, 0.15) is 0 Å². The Labute approximate surface area is 246 Å². The van der Waals surface area contributed by atoms with Crippen LogP contribution in [0.2, 0.25) is 0 Å². The Morgan fingerprint density at radius 2 is 1.25 bits per heavy atom. The standard InChI is InChI=1S/C27H30O17/c28-6-14-17(32)20(35)23(38)26(43-14)40-9-4-11(31)16-13(5-9)41-25(22(37)19(16)34)8-1-2-12(10(30)3-8)42-27-24(39)21(36)18(33)15(7-29)44-27/h1-5,14-15,17-18,20-21,23-24,26-33,35-39H,6-7H2/t14?,15?,17-,18-,20+,21+,23?,24?,26-,27-/m1/s1. The molecule has 17 heteroatoms. The summed E-state index contributed by atoms with van der Waals surface area (Å²) in [6.07, 6.45) is -16.1. The zero-order valence-electron chi connectivity index (χ0n) is 22.4. The molecule has 0 aliphatic carbocycles. The van der Waals surface area contributed by atoms with E-state index in [-0.39, 0.29) is 22.6 Å². The van der Waals surface area contributed by atoms with Crippen molar-refractivity contribution in [3.05, 3.63) is 40.6 Å². The Morgan fingerprint density at radius 1 is 0.682 bits per heavy atom. The van der Waals surface area contributed by atoms with Crippen LogP contribution in [0.3, 0.4) is 0 Å². The molecule has 3 aromatic rings. The summed E-state index contributed by atoms with van der Waals surface area (Å²) in [6, 6.07) is 5.42. The van der Waals surface area contributed by atoms with Gasteiger partial charge in [0.2, 0.25) is 23.8 Å². The molecule has 0 bridgehead atoms. The molecule has 3 heterocycles. The van der Waals surface area contributed by atoms with Crippen LogP contribution in [-0.4, -0.2) is 131 Å². The van der Waals surface area contributed by atoms with Gasteiger partial charge in [-0.25, -0.2) is 0 Å². The maximum Gasteiger partial charge on any atom is 0.238 e. The second-order valence-electron chi connectivity index (χ2n) is 10.2. The first kappa shape index (κ1) is 31.7. The molecule has 2 aromatic carbocycles. The number of ether oxygens (including phenoxy) is 4. The second-order valence-corrected chi connectivity index (χ2v) is 10.2. The van der Waals surface area contributed by atoms with E-state index in [1.165, 1.54) is 6.07 Å². The van der Waals surface area contributed by atoms with Crippen molar-refractivity contribution in [2.24, 2.45) is 0 Å². The summed E-state index contributed by atoms with van der Waals surface area (Å²) in [5.74, 6) is -3.27. The molecule has 240 valence electrons. The quantitative estimate of drug-likeness (QED) is 0.124. The number of hydrogen-bond acceptors (Lipinski definition) is 17. The Balaban J connectivity index is 1.44. The van der Waals surface area contributed by atoms with E-state index < -0.39 is 108 Å². The van der Waals surface area contributed by atoms with Crippen molar-refractivity contribution in [1.29, 1.82) is 0 Å². The van der Waals surface area contributed by atoms with Gasteiger partial charge in [0, 0.05) is 17.7 Å². The van der Waals surface area contributed by atoms with Gasteiger partial charge < -0.3 is 79.5 Å². The van der Waals surface area contributed by atoms with Crippen molar-refractivity contribution in [2.45, 2.75) is 61.4 Å². The monoisotopic (exact) mass is 626 g/mol. The van der Waals surface area contributed by atoms with Crippen LogP contribution >= 0.6 is 0 Å². The van der Waals surface area contributed by atoms with E-state index in [9.17, 15) is 61.0 Å². The minimum Gasteiger partial charge on any atom is -0.507 e. The first-order chi connectivity index (χ1) is 20.9. The number of aromatic hydroxyl groups is 3. The number of phenols is 2. The molecule has 4 unspecified atom stereocenters. The fraction of sp³-hybridized carbons (Fsp3) is 0.444. The molecule has 2 fully saturated rings. The van der Waals surface area contributed by atoms with Gasteiger partial charge in [0.25, 0.3) is 0 Å². The molecule has 5 rings (SSSR count). The van der Waals surface area contributed by atoms with E-state index in [1.54, 1.807) is 0 Å². The minimum atomic E-state index is -1.78. The van der Waals surface area contributed by atoms with E-state index in [0.717, 1.165) is 24.3 Å². The maximum atomic E-state index is 13.0. The van der Waals surface area contributed by atoms with Crippen molar-refractivity contribution >= 4 is 11.0 Å². The van der Waals surface area contributed by atoms with Gasteiger partial charge in [0.05, 0.1) is 13.2 Å². The van der Waals surface area contributed by atoms with Crippen LogP contribution in [0.5, 0.6) is 28.7 Å². The normalized spacial score (nSPS) is 32.5. The van der Waals surface area contributed by atoms with Crippen LogP contribution in [0.4, 0.5) is 0 Å². The Morgan fingerprint density at radius 3 is 1.80 bits per heavy atom. The molecular formula is C27H30O17. The molecule has 2 aliphatic rings. The summed E-state index contributed by atoms with van der Waals surface area (Å²) in [7, 11) is 0. The van der Waals surface area contributed by atoms with Crippen LogP contribution in [0.15, 0.2) is 39.5 Å². The number of phenolic OH excluding ortho intramolecular Hbond substituents is 2. The average Bonchev–Trinajstić information content (AvgIpc) is 3.00. The third-order valence-corrected chi connectivity index (χ3v) is 7.34. The van der Waals surface area contributed by atoms with Crippen LogP contribution in [0, 0.1) is 0 Å². The SMILES string of the molecule is O=c1c(O)c(-c2ccc(O[C@@H]3OC(CO)[C@@H](O)[C@H](O)C3O)c(O)c2)oc2cc(O[C@@H]3OC(CO)[C@@H](O)[C@H](O)C3O)cc(O)c12. The van der Waals surface area contributed by atoms with E-state index in [0.29, 0.717) is 0 Å². The minimum absolute atomic E-state index is 0.0695. The lowest BCUT2D eigenvalue weighted by Gasteiger charge is -2.39. The van der Waals surface area contributed by atoms with E-state index in [4.69, 9.17) is 23.4 Å². The van der Waals surface area contributed by atoms with Crippen molar-refractivity contribution in [1.82, 2.24) is 0 Å². The zero-order valence-corrected chi connectivity index (χ0v) is 22.4. The van der Waals surface area contributed by atoms with Crippen molar-refractivity contribution in [3.8, 4) is 40.1 Å². The molecule has 0 radical (unpaired) electrons. The third-order valence-electron chi connectivity index (χ3n) is 7.34. The summed E-state index contributed by atoms with van der Waals surface area (Å²) in [5, 5.41) is 110. The largest absolute Gasteiger partial charge is 0.507 e. The van der Waals surface area contributed by atoms with E-state index in [2.05, 4.69) is 0 Å². The number of aliphatic hydroxyl groups excluding tert-OH is 8. The number of benzene rings is 2. The fourth-order valence-electron chi connectivity index (χ4n) is 4.88. The van der Waals surface area contributed by atoms with Crippen LogP contribution < -0.4 is 14.9 Å². The summed E-state index contributed by atoms with van der Waals surface area (Å²) < 4.78 is 27.1. The predicted molar refractivity (Wildman–Crippen MR) is 142 cm³/mol. The Hall–Kier alpha value is -3.75. The molecule has 0 saturated carbocycles. The van der Waals surface area contributed by atoms with E-state index >= 15 is 0 Å². The maximum absolute atomic E-state index is 13.0. The molecular weight excluding hydrogens is 596 g/mol. The van der Waals surface area contributed by atoms with E-state index in [1.807, 2.05) is 0 Å². The summed E-state index contributed by atoms with van der Waals surface area (Å²) in [5.41, 5.74) is -1.47. The lowest BCUT2D eigenvalue weighted by atomic mass is 9.99. The van der Waals surface area contributed by atoms with Gasteiger partial charge in [-0.2, -0.15) is 0 Å². The number of hydrogen-bond donors (Lipinski definition) is 11. The van der Waals surface area contributed by atoms with Gasteiger partial charge in [-0.05, 0) is 18.2 Å². The van der Waals surface area contributed by atoms with Gasteiger partial charge in [-0.15, -0.1) is 0 Å². The highest BCUT2D eigenvalue weighted by Crippen LogP contribution is 2.39. The highest BCUT2D eigenvalue weighted by molar-refractivity contribution is 5.88. The molecule has 0 amide bonds. The van der Waals surface area contributed by atoms with Crippen LogP contribution in [0.25, 0.3) is 22.3 Å². The molecule has 2 saturated heterocycles. The number of fused-ring (bicyclic) bond motifs is 1. The third kappa shape index (κ3) is 5.61. The van der Waals surface area contributed by atoms with Gasteiger partial charge in [-0.1, -0.05) is 0 Å². The van der Waals surface area contributed by atoms with Crippen LogP contribution in [-0.2, 0) is 9.47 Å². The van der Waals surface area contributed by atoms with Gasteiger partial charge >= 0.3 is 0 Å². The summed E-state index contributed by atoms with van der Waals surface area (Å²) >= 11 is 0.